The molecule has 0 amide bonds. The van der Waals surface area contributed by atoms with Crippen LogP contribution in [0, 0.1) is 0 Å². The van der Waals surface area contributed by atoms with E-state index in [1.54, 1.807) is 0 Å². The van der Waals surface area contributed by atoms with E-state index in [1.165, 1.54) is 36.8 Å². The smallest absolute Gasteiger partial charge is 0.0705 e. The van der Waals surface area contributed by atoms with Gasteiger partial charge in [0, 0.05) is 17.1 Å². The van der Waals surface area contributed by atoms with Crippen molar-refractivity contribution in [1.82, 2.24) is 10.3 Å². The summed E-state index contributed by atoms with van der Waals surface area (Å²) >= 11 is 0. The zero-order valence-electron chi connectivity index (χ0n) is 12.7. The fourth-order valence-corrected chi connectivity index (χ4v) is 2.58. The molecule has 1 atom stereocenters. The molecule has 0 aliphatic carbocycles. The lowest BCUT2D eigenvalue weighted by Crippen LogP contribution is -2.29. The van der Waals surface area contributed by atoms with Crippen molar-refractivity contribution in [2.24, 2.45) is 0 Å². The van der Waals surface area contributed by atoms with Crippen LogP contribution < -0.4 is 5.32 Å². The Morgan fingerprint density at radius 3 is 2.75 bits per heavy atom. The molecule has 1 aromatic carbocycles. The summed E-state index contributed by atoms with van der Waals surface area (Å²) < 4.78 is 0. The summed E-state index contributed by atoms with van der Waals surface area (Å²) in [6.07, 6.45) is 5.95. The monoisotopic (exact) mass is 270 g/mol. The van der Waals surface area contributed by atoms with E-state index in [4.69, 9.17) is 4.98 Å². The molecule has 0 aliphatic rings. The maximum absolute atomic E-state index is 4.74. The molecule has 0 saturated heterocycles. The summed E-state index contributed by atoms with van der Waals surface area (Å²) in [6.45, 7) is 5.62. The molecule has 2 rings (SSSR count). The Morgan fingerprint density at radius 2 is 1.95 bits per heavy atom. The van der Waals surface area contributed by atoms with Crippen LogP contribution in [0.4, 0.5) is 0 Å². The molecule has 1 aromatic heterocycles. The van der Waals surface area contributed by atoms with Crippen LogP contribution in [0.3, 0.4) is 0 Å². The van der Waals surface area contributed by atoms with Gasteiger partial charge in [-0.15, -0.1) is 0 Å². The molecule has 2 heteroatoms. The minimum Gasteiger partial charge on any atom is -0.314 e. The summed E-state index contributed by atoms with van der Waals surface area (Å²) in [6, 6.07) is 13.4. The van der Waals surface area contributed by atoms with Gasteiger partial charge in [-0.25, -0.2) is 0 Å². The molecule has 2 aromatic rings. The molecular weight excluding hydrogens is 244 g/mol. The van der Waals surface area contributed by atoms with Crippen LogP contribution in [0.15, 0.2) is 36.4 Å². The van der Waals surface area contributed by atoms with Crippen molar-refractivity contribution in [3.05, 3.63) is 42.1 Å². The van der Waals surface area contributed by atoms with E-state index in [1.807, 2.05) is 0 Å². The first-order valence-electron chi connectivity index (χ1n) is 7.91. The molecule has 2 nitrogen and oxygen atoms in total. The van der Waals surface area contributed by atoms with Crippen molar-refractivity contribution in [1.29, 1.82) is 0 Å². The lowest BCUT2D eigenvalue weighted by atomic mass is 10.1. The molecule has 0 aliphatic heterocycles. The number of fused-ring (bicyclic) bond motifs is 1. The van der Waals surface area contributed by atoms with Gasteiger partial charge >= 0.3 is 0 Å². The molecule has 0 saturated carbocycles. The first-order valence-corrected chi connectivity index (χ1v) is 7.91. The molecule has 0 spiro atoms. The van der Waals surface area contributed by atoms with Gasteiger partial charge in [-0.3, -0.25) is 4.98 Å². The van der Waals surface area contributed by atoms with Gasteiger partial charge in [0.15, 0.2) is 0 Å². The van der Waals surface area contributed by atoms with Crippen molar-refractivity contribution >= 4 is 10.9 Å². The van der Waals surface area contributed by atoms with E-state index < -0.39 is 0 Å². The number of aromatic nitrogens is 1. The van der Waals surface area contributed by atoms with Crippen molar-refractivity contribution in [3.63, 3.8) is 0 Å². The second kappa shape index (κ2) is 8.01. The van der Waals surface area contributed by atoms with Gasteiger partial charge in [0.25, 0.3) is 0 Å². The Balaban J connectivity index is 1.85. The number of benzene rings is 1. The lowest BCUT2D eigenvalue weighted by molar-refractivity contribution is 0.455. The van der Waals surface area contributed by atoms with Gasteiger partial charge in [-0.1, -0.05) is 38.1 Å². The number of hydrogen-bond donors (Lipinski definition) is 1. The zero-order valence-corrected chi connectivity index (χ0v) is 12.7. The maximum Gasteiger partial charge on any atom is 0.0705 e. The van der Waals surface area contributed by atoms with Crippen molar-refractivity contribution in [3.8, 4) is 0 Å². The summed E-state index contributed by atoms with van der Waals surface area (Å²) in [4.78, 5) is 4.74. The van der Waals surface area contributed by atoms with Crippen LogP contribution in [0.1, 0.15) is 45.2 Å². The highest BCUT2D eigenvalue weighted by Crippen LogP contribution is 2.14. The van der Waals surface area contributed by atoms with Crippen LogP contribution in [-0.4, -0.2) is 17.6 Å². The molecule has 108 valence electrons. The fourth-order valence-electron chi connectivity index (χ4n) is 2.58. The molecule has 0 radical (unpaired) electrons. The van der Waals surface area contributed by atoms with Gasteiger partial charge in [-0.05, 0) is 50.8 Å². The van der Waals surface area contributed by atoms with Crippen LogP contribution >= 0.6 is 0 Å². The quantitative estimate of drug-likeness (QED) is 0.772. The van der Waals surface area contributed by atoms with Crippen LogP contribution in [0.2, 0.25) is 0 Å². The minimum atomic E-state index is 0.662. The summed E-state index contributed by atoms with van der Waals surface area (Å²) in [7, 11) is 0. The molecule has 1 heterocycles. The van der Waals surface area contributed by atoms with E-state index in [0.717, 1.165) is 18.5 Å². The minimum absolute atomic E-state index is 0.662. The number of pyridine rings is 1. The first-order chi connectivity index (χ1) is 9.83. The summed E-state index contributed by atoms with van der Waals surface area (Å²) in [5.41, 5.74) is 2.33. The second-order valence-corrected chi connectivity index (χ2v) is 5.45. The van der Waals surface area contributed by atoms with E-state index in [-0.39, 0.29) is 0 Å². The Hall–Kier alpha value is -1.41. The Morgan fingerprint density at radius 1 is 1.10 bits per heavy atom. The number of rotatable bonds is 8. The highest BCUT2D eigenvalue weighted by molar-refractivity contribution is 5.78. The van der Waals surface area contributed by atoms with Gasteiger partial charge in [0.2, 0.25) is 0 Å². The lowest BCUT2D eigenvalue weighted by Gasteiger charge is -2.16. The molecule has 0 fully saturated rings. The van der Waals surface area contributed by atoms with E-state index in [2.05, 4.69) is 55.6 Å². The third-order valence-electron chi connectivity index (χ3n) is 3.82. The number of nitrogens with one attached hydrogen (secondary N) is 1. The highest BCUT2D eigenvalue weighted by Gasteiger charge is 2.05. The summed E-state index contributed by atoms with van der Waals surface area (Å²) in [5.74, 6) is 0. The number of para-hydroxylation sites is 1. The number of nitrogens with zero attached hydrogens (tertiary/aromatic N) is 1. The fraction of sp³-hybridized carbons (Fsp3) is 0.500. The standard InChI is InChI=1S/C18H26N2/c1-3-14-19-16(4-2)9-7-10-17-13-12-15-8-5-6-11-18(15)20-17/h5-6,8,11-13,16,19H,3-4,7,9-10,14H2,1-2H3. The predicted molar refractivity (Wildman–Crippen MR) is 87.1 cm³/mol. The third-order valence-corrected chi connectivity index (χ3v) is 3.82. The largest absolute Gasteiger partial charge is 0.314 e. The van der Waals surface area contributed by atoms with E-state index >= 15 is 0 Å². The van der Waals surface area contributed by atoms with Crippen molar-refractivity contribution in [2.75, 3.05) is 6.54 Å². The molecule has 1 N–H and O–H groups in total. The van der Waals surface area contributed by atoms with E-state index in [9.17, 15) is 0 Å². The zero-order chi connectivity index (χ0) is 14.2. The number of aryl methyl sites for hydroxylation is 1. The van der Waals surface area contributed by atoms with Gasteiger partial charge in [0.1, 0.15) is 0 Å². The van der Waals surface area contributed by atoms with Crippen LogP contribution in [-0.2, 0) is 6.42 Å². The Kier molecular flexibility index (Phi) is 6.00. The Bertz CT molecular complexity index is 522. The van der Waals surface area contributed by atoms with Gasteiger partial charge < -0.3 is 5.32 Å². The third kappa shape index (κ3) is 4.31. The molecule has 0 bridgehead atoms. The second-order valence-electron chi connectivity index (χ2n) is 5.45. The van der Waals surface area contributed by atoms with Crippen molar-refractivity contribution < 1.29 is 0 Å². The topological polar surface area (TPSA) is 24.9 Å². The molecular formula is C18H26N2. The van der Waals surface area contributed by atoms with Gasteiger partial charge in [0.05, 0.1) is 5.52 Å². The summed E-state index contributed by atoms with van der Waals surface area (Å²) in [5, 5.41) is 4.84. The van der Waals surface area contributed by atoms with Crippen molar-refractivity contribution in [2.45, 2.75) is 52.0 Å². The predicted octanol–water partition coefficient (Wildman–Crippen LogP) is 4.34. The van der Waals surface area contributed by atoms with E-state index in [0.29, 0.717) is 6.04 Å². The maximum atomic E-state index is 4.74. The highest BCUT2D eigenvalue weighted by atomic mass is 14.9. The first kappa shape index (κ1) is 15.0. The molecule has 20 heavy (non-hydrogen) atoms. The SMILES string of the molecule is CCCNC(CC)CCCc1ccc2ccccc2n1. The van der Waals surface area contributed by atoms with Gasteiger partial charge in [-0.2, -0.15) is 0 Å². The average Bonchev–Trinajstić information content (AvgIpc) is 2.50. The normalized spacial score (nSPS) is 12.7. The van der Waals surface area contributed by atoms with Crippen LogP contribution in [0.25, 0.3) is 10.9 Å². The molecule has 1 unspecified atom stereocenters. The number of hydrogen-bond acceptors (Lipinski definition) is 2. The van der Waals surface area contributed by atoms with Crippen LogP contribution in [0.5, 0.6) is 0 Å². The average molecular weight is 270 g/mol. The Labute approximate surface area is 122 Å².